The molecule has 2 aromatic rings. The maximum atomic E-state index is 4.00. The molecule has 2 N–H and O–H groups in total. The summed E-state index contributed by atoms with van der Waals surface area (Å²) in [6.45, 7) is 0. The molecule has 3 heteroatoms. The highest BCUT2D eigenvalue weighted by Gasteiger charge is 2.16. The van der Waals surface area contributed by atoms with Gasteiger partial charge in [-0.05, 0) is 37.5 Å². The Kier molecular flexibility index (Phi) is 1.69. The van der Waals surface area contributed by atoms with Crippen molar-refractivity contribution in [1.29, 1.82) is 0 Å². The third kappa shape index (κ3) is 1.25. The van der Waals surface area contributed by atoms with Gasteiger partial charge in [0.05, 0.1) is 11.7 Å². The van der Waals surface area contributed by atoms with Crippen LogP contribution in [-0.4, -0.2) is 16.2 Å². The van der Waals surface area contributed by atoms with Crippen molar-refractivity contribution in [3.05, 3.63) is 24.4 Å². The minimum absolute atomic E-state index is 0.694. The molecule has 1 heterocycles. The predicted octanol–water partition coefficient (Wildman–Crippen LogP) is 2.53. The Morgan fingerprint density at radius 1 is 1.36 bits per heavy atom. The Morgan fingerprint density at radius 3 is 3.07 bits per heavy atom. The fourth-order valence-electron chi connectivity index (χ4n) is 1.82. The van der Waals surface area contributed by atoms with Gasteiger partial charge in [0.1, 0.15) is 0 Å². The van der Waals surface area contributed by atoms with Crippen LogP contribution >= 0.6 is 0 Å². The van der Waals surface area contributed by atoms with Crippen molar-refractivity contribution < 1.29 is 0 Å². The maximum absolute atomic E-state index is 4.00. The normalized spacial score (nSPS) is 16.9. The highest BCUT2D eigenvalue weighted by atomic mass is 15.1. The average Bonchev–Trinajstić information content (AvgIpc) is 2.58. The average molecular weight is 187 g/mol. The molecule has 3 rings (SSSR count). The highest BCUT2D eigenvalue weighted by molar-refractivity contribution is 5.81. The lowest BCUT2D eigenvalue weighted by atomic mass is 9.93. The first-order chi connectivity index (χ1) is 6.92. The lowest BCUT2D eigenvalue weighted by Gasteiger charge is -2.27. The van der Waals surface area contributed by atoms with Gasteiger partial charge in [0.25, 0.3) is 0 Å². The van der Waals surface area contributed by atoms with E-state index in [9.17, 15) is 0 Å². The molecule has 14 heavy (non-hydrogen) atoms. The first kappa shape index (κ1) is 7.85. The van der Waals surface area contributed by atoms with Crippen LogP contribution in [0.4, 0.5) is 5.69 Å². The van der Waals surface area contributed by atoms with E-state index in [2.05, 4.69) is 33.7 Å². The zero-order valence-electron chi connectivity index (χ0n) is 7.96. The number of hydrogen-bond acceptors (Lipinski definition) is 2. The molecule has 1 fully saturated rings. The Balaban J connectivity index is 1.88. The Bertz CT molecular complexity index is 442. The van der Waals surface area contributed by atoms with Crippen molar-refractivity contribution in [2.24, 2.45) is 0 Å². The van der Waals surface area contributed by atoms with E-state index in [1.54, 1.807) is 0 Å². The molecule has 0 radical (unpaired) electrons. The molecule has 0 saturated heterocycles. The van der Waals surface area contributed by atoms with Crippen LogP contribution < -0.4 is 5.32 Å². The van der Waals surface area contributed by atoms with Crippen LogP contribution in [0, 0.1) is 0 Å². The molecule has 0 unspecified atom stereocenters. The van der Waals surface area contributed by atoms with E-state index in [1.165, 1.54) is 30.3 Å². The Labute approximate surface area is 82.5 Å². The highest BCUT2D eigenvalue weighted by Crippen LogP contribution is 2.24. The molecule has 72 valence electrons. The van der Waals surface area contributed by atoms with Crippen LogP contribution in [0.3, 0.4) is 0 Å². The van der Waals surface area contributed by atoms with E-state index < -0.39 is 0 Å². The van der Waals surface area contributed by atoms with Crippen LogP contribution in [0.1, 0.15) is 19.3 Å². The second-order valence-electron chi connectivity index (χ2n) is 3.94. The van der Waals surface area contributed by atoms with Crippen molar-refractivity contribution in [3.8, 4) is 0 Å². The lowest BCUT2D eigenvalue weighted by molar-refractivity contribution is 0.445. The predicted molar refractivity (Wildman–Crippen MR) is 57.4 cm³/mol. The van der Waals surface area contributed by atoms with Crippen LogP contribution in [0.5, 0.6) is 0 Å². The molecule has 0 bridgehead atoms. The minimum atomic E-state index is 0.694. The molecule has 1 saturated carbocycles. The summed E-state index contributed by atoms with van der Waals surface area (Å²) in [7, 11) is 0. The molecule has 3 nitrogen and oxygen atoms in total. The fraction of sp³-hybridized carbons (Fsp3) is 0.364. The van der Waals surface area contributed by atoms with Gasteiger partial charge >= 0.3 is 0 Å². The van der Waals surface area contributed by atoms with Crippen molar-refractivity contribution in [2.75, 3.05) is 5.32 Å². The number of nitrogens with one attached hydrogen (secondary N) is 2. The van der Waals surface area contributed by atoms with E-state index in [0.717, 1.165) is 5.52 Å². The third-order valence-corrected chi connectivity index (χ3v) is 2.92. The SMILES string of the molecule is c1cc2[nH]ncc2cc1NC1CCC1. The number of H-pyrrole nitrogens is 1. The second kappa shape index (κ2) is 3.01. The van der Waals surface area contributed by atoms with Crippen LogP contribution in [0.25, 0.3) is 10.9 Å². The molecule has 0 aliphatic heterocycles. The van der Waals surface area contributed by atoms with Crippen molar-refractivity contribution in [1.82, 2.24) is 10.2 Å². The van der Waals surface area contributed by atoms with Crippen molar-refractivity contribution in [3.63, 3.8) is 0 Å². The van der Waals surface area contributed by atoms with Gasteiger partial charge in [-0.15, -0.1) is 0 Å². The number of aromatic nitrogens is 2. The molecule has 0 atom stereocenters. The zero-order chi connectivity index (χ0) is 9.38. The van der Waals surface area contributed by atoms with Gasteiger partial charge in [-0.2, -0.15) is 5.10 Å². The summed E-state index contributed by atoms with van der Waals surface area (Å²) in [6.07, 6.45) is 5.85. The fourth-order valence-corrected chi connectivity index (χ4v) is 1.82. The quantitative estimate of drug-likeness (QED) is 0.758. The largest absolute Gasteiger partial charge is 0.382 e. The lowest BCUT2D eigenvalue weighted by Crippen LogP contribution is -2.26. The van der Waals surface area contributed by atoms with Crippen molar-refractivity contribution >= 4 is 16.6 Å². The topological polar surface area (TPSA) is 40.7 Å². The molecule has 1 aliphatic rings. The summed E-state index contributed by atoms with van der Waals surface area (Å²) in [5.74, 6) is 0. The first-order valence-corrected chi connectivity index (χ1v) is 5.11. The Morgan fingerprint density at radius 2 is 2.29 bits per heavy atom. The molecule has 1 aromatic carbocycles. The molecular formula is C11H13N3. The monoisotopic (exact) mass is 187 g/mol. The summed E-state index contributed by atoms with van der Waals surface area (Å²) in [5.41, 5.74) is 2.31. The maximum Gasteiger partial charge on any atom is 0.0651 e. The second-order valence-corrected chi connectivity index (χ2v) is 3.94. The van der Waals surface area contributed by atoms with E-state index in [1.807, 2.05) is 6.20 Å². The molecule has 1 aliphatic carbocycles. The van der Waals surface area contributed by atoms with Gasteiger partial charge in [-0.1, -0.05) is 0 Å². The summed E-state index contributed by atoms with van der Waals surface area (Å²) in [4.78, 5) is 0. The smallest absolute Gasteiger partial charge is 0.0651 e. The number of nitrogens with zero attached hydrogens (tertiary/aromatic N) is 1. The van der Waals surface area contributed by atoms with Crippen molar-refractivity contribution in [2.45, 2.75) is 25.3 Å². The van der Waals surface area contributed by atoms with Gasteiger partial charge in [0.2, 0.25) is 0 Å². The van der Waals surface area contributed by atoms with E-state index >= 15 is 0 Å². The van der Waals surface area contributed by atoms with Gasteiger partial charge in [-0.3, -0.25) is 5.10 Å². The van der Waals surface area contributed by atoms with E-state index in [-0.39, 0.29) is 0 Å². The molecular weight excluding hydrogens is 174 g/mol. The number of anilines is 1. The molecule has 1 aromatic heterocycles. The van der Waals surface area contributed by atoms with E-state index in [4.69, 9.17) is 0 Å². The number of aromatic amines is 1. The Hall–Kier alpha value is -1.51. The summed E-state index contributed by atoms with van der Waals surface area (Å²) >= 11 is 0. The van der Waals surface area contributed by atoms with Gasteiger partial charge in [0.15, 0.2) is 0 Å². The number of hydrogen-bond donors (Lipinski definition) is 2. The van der Waals surface area contributed by atoms with Crippen LogP contribution in [-0.2, 0) is 0 Å². The van der Waals surface area contributed by atoms with Crippen LogP contribution in [0.2, 0.25) is 0 Å². The van der Waals surface area contributed by atoms with Gasteiger partial charge < -0.3 is 5.32 Å². The zero-order valence-corrected chi connectivity index (χ0v) is 7.96. The number of rotatable bonds is 2. The first-order valence-electron chi connectivity index (χ1n) is 5.11. The summed E-state index contributed by atoms with van der Waals surface area (Å²) in [6, 6.07) is 7.03. The van der Waals surface area contributed by atoms with E-state index in [0.29, 0.717) is 6.04 Å². The number of fused-ring (bicyclic) bond motifs is 1. The van der Waals surface area contributed by atoms with Gasteiger partial charge in [0, 0.05) is 17.1 Å². The third-order valence-electron chi connectivity index (χ3n) is 2.92. The minimum Gasteiger partial charge on any atom is -0.382 e. The number of benzene rings is 1. The summed E-state index contributed by atoms with van der Waals surface area (Å²) < 4.78 is 0. The molecule has 0 spiro atoms. The van der Waals surface area contributed by atoms with Crippen LogP contribution in [0.15, 0.2) is 24.4 Å². The molecule has 0 amide bonds. The standard InChI is InChI=1S/C11H13N3/c1-2-9(3-1)13-10-4-5-11-8(6-10)7-12-14-11/h4-7,9,13H,1-3H2,(H,12,14). The van der Waals surface area contributed by atoms with Gasteiger partial charge in [-0.25, -0.2) is 0 Å². The summed E-state index contributed by atoms with van der Waals surface area (Å²) in [5, 5.41) is 11.6.